The number of ether oxygens (including phenoxy) is 1. The molecule has 132 valence electrons. The van der Waals surface area contributed by atoms with Crippen LogP contribution >= 0.6 is 22.9 Å². The van der Waals surface area contributed by atoms with Crippen molar-refractivity contribution in [3.63, 3.8) is 0 Å². The quantitative estimate of drug-likeness (QED) is 0.273. The van der Waals surface area contributed by atoms with Gasteiger partial charge >= 0.3 is 11.7 Å². The second-order valence-electron chi connectivity index (χ2n) is 5.17. The van der Waals surface area contributed by atoms with Crippen LogP contribution in [0.2, 0.25) is 5.02 Å². The van der Waals surface area contributed by atoms with Gasteiger partial charge in [0.15, 0.2) is 0 Å². The molecular formula is C17H10ClFN2O4S. The smallest absolute Gasteiger partial charge is 0.317 e. The van der Waals surface area contributed by atoms with E-state index >= 15 is 0 Å². The lowest BCUT2D eigenvalue weighted by Gasteiger charge is -2.04. The summed E-state index contributed by atoms with van der Waals surface area (Å²) in [6.07, 6.45) is -0.204. The number of aromatic nitrogens is 1. The van der Waals surface area contributed by atoms with E-state index in [0.29, 0.717) is 15.7 Å². The molecule has 0 N–H and O–H groups in total. The van der Waals surface area contributed by atoms with E-state index in [1.165, 1.54) is 11.3 Å². The van der Waals surface area contributed by atoms with Crippen LogP contribution in [-0.2, 0) is 11.2 Å². The highest BCUT2D eigenvalue weighted by Crippen LogP contribution is 2.29. The first kappa shape index (κ1) is 18.0. The molecule has 26 heavy (non-hydrogen) atoms. The number of carbonyl (C=O) groups is 1. The number of thiazole rings is 1. The van der Waals surface area contributed by atoms with Gasteiger partial charge in [-0.15, -0.1) is 11.3 Å². The van der Waals surface area contributed by atoms with E-state index in [9.17, 15) is 19.3 Å². The van der Waals surface area contributed by atoms with E-state index in [4.69, 9.17) is 16.3 Å². The Hall–Kier alpha value is -2.84. The third-order valence-corrected chi connectivity index (χ3v) is 4.47. The minimum absolute atomic E-state index is 0.204. The molecule has 3 aromatic rings. The first-order chi connectivity index (χ1) is 12.4. The molecule has 0 radical (unpaired) electrons. The summed E-state index contributed by atoms with van der Waals surface area (Å²) in [5, 5.41) is 13.8. The summed E-state index contributed by atoms with van der Waals surface area (Å²) in [5.41, 5.74) is 0.759. The van der Waals surface area contributed by atoms with Crippen molar-refractivity contribution in [2.24, 2.45) is 0 Å². The molecule has 0 saturated heterocycles. The van der Waals surface area contributed by atoms with Crippen molar-refractivity contribution in [1.82, 2.24) is 4.98 Å². The second kappa shape index (κ2) is 7.59. The molecule has 0 amide bonds. The van der Waals surface area contributed by atoms with Crippen molar-refractivity contribution < 1.29 is 18.8 Å². The monoisotopic (exact) mass is 392 g/mol. The van der Waals surface area contributed by atoms with Crippen LogP contribution in [0, 0.1) is 15.9 Å². The topological polar surface area (TPSA) is 82.3 Å². The number of rotatable bonds is 5. The maximum absolute atomic E-state index is 13.3. The minimum atomic E-state index is -0.776. The van der Waals surface area contributed by atoms with Crippen molar-refractivity contribution in [2.45, 2.75) is 6.42 Å². The zero-order valence-corrected chi connectivity index (χ0v) is 14.6. The molecule has 0 aliphatic rings. The Labute approximate surface area is 156 Å². The van der Waals surface area contributed by atoms with Crippen molar-refractivity contribution in [3.8, 4) is 16.3 Å². The minimum Gasteiger partial charge on any atom is -0.419 e. The molecule has 0 bridgehead atoms. The average Bonchev–Trinajstić information content (AvgIpc) is 3.03. The van der Waals surface area contributed by atoms with E-state index in [0.717, 1.165) is 23.8 Å². The third-order valence-electron chi connectivity index (χ3n) is 3.29. The number of esters is 1. The molecular weight excluding hydrogens is 383 g/mol. The molecule has 3 rings (SSSR count). The summed E-state index contributed by atoms with van der Waals surface area (Å²) >= 11 is 7.27. The number of nitrogens with zero attached hydrogens (tertiary/aromatic N) is 2. The van der Waals surface area contributed by atoms with Crippen LogP contribution in [0.4, 0.5) is 10.1 Å². The van der Waals surface area contributed by atoms with Gasteiger partial charge in [0.25, 0.3) is 0 Å². The first-order valence-electron chi connectivity index (χ1n) is 7.27. The Morgan fingerprint density at radius 1 is 1.31 bits per heavy atom. The summed E-state index contributed by atoms with van der Waals surface area (Å²) in [6.45, 7) is 0. The van der Waals surface area contributed by atoms with E-state index in [2.05, 4.69) is 4.98 Å². The van der Waals surface area contributed by atoms with Crippen molar-refractivity contribution in [3.05, 3.63) is 74.5 Å². The van der Waals surface area contributed by atoms with Gasteiger partial charge in [0.1, 0.15) is 10.8 Å². The van der Waals surface area contributed by atoms with Crippen molar-refractivity contribution in [1.29, 1.82) is 0 Å². The molecule has 0 atom stereocenters. The number of nitro groups is 1. The number of nitro benzene ring substituents is 1. The lowest BCUT2D eigenvalue weighted by Crippen LogP contribution is -2.12. The summed E-state index contributed by atoms with van der Waals surface area (Å²) < 4.78 is 18.2. The number of carbonyl (C=O) groups excluding carboxylic acids is 1. The molecule has 0 aliphatic carbocycles. The SMILES string of the molecule is O=C(Cc1csc(-c2cccc(Cl)c2)n1)Oc1cc(F)ccc1[N+](=O)[O-]. The van der Waals surface area contributed by atoms with Crippen LogP contribution < -0.4 is 4.74 Å². The normalized spacial score (nSPS) is 10.5. The van der Waals surface area contributed by atoms with Crippen LogP contribution in [0.5, 0.6) is 5.75 Å². The van der Waals surface area contributed by atoms with Crippen LogP contribution in [0.3, 0.4) is 0 Å². The predicted octanol–water partition coefficient (Wildman–Crippen LogP) is 4.66. The Morgan fingerprint density at radius 2 is 2.12 bits per heavy atom. The van der Waals surface area contributed by atoms with Crippen LogP contribution in [0.1, 0.15) is 5.69 Å². The lowest BCUT2D eigenvalue weighted by molar-refractivity contribution is -0.385. The molecule has 0 fully saturated rings. The number of halogens is 2. The molecule has 6 nitrogen and oxygen atoms in total. The van der Waals surface area contributed by atoms with Gasteiger partial charge in [-0.1, -0.05) is 23.7 Å². The highest BCUT2D eigenvalue weighted by molar-refractivity contribution is 7.13. The average molecular weight is 393 g/mol. The molecule has 1 heterocycles. The zero-order chi connectivity index (χ0) is 18.7. The third kappa shape index (κ3) is 4.22. The van der Waals surface area contributed by atoms with E-state index in [1.54, 1.807) is 23.6 Å². The van der Waals surface area contributed by atoms with E-state index in [1.807, 2.05) is 6.07 Å². The van der Waals surface area contributed by atoms with Gasteiger partial charge in [0.05, 0.1) is 17.0 Å². The van der Waals surface area contributed by atoms with Gasteiger partial charge < -0.3 is 4.74 Å². The Balaban J connectivity index is 1.74. The second-order valence-corrected chi connectivity index (χ2v) is 6.47. The Kier molecular flexibility index (Phi) is 5.24. The van der Waals surface area contributed by atoms with Gasteiger partial charge in [-0.05, 0) is 18.2 Å². The number of hydrogen-bond donors (Lipinski definition) is 0. The summed E-state index contributed by atoms with van der Waals surface area (Å²) in [5.74, 6) is -1.96. The van der Waals surface area contributed by atoms with Crippen LogP contribution in [-0.4, -0.2) is 15.9 Å². The van der Waals surface area contributed by atoms with Crippen LogP contribution in [0.15, 0.2) is 47.8 Å². The summed E-state index contributed by atoms with van der Waals surface area (Å²) in [7, 11) is 0. The molecule has 9 heteroatoms. The van der Waals surface area contributed by atoms with Gasteiger partial charge in [-0.25, -0.2) is 9.37 Å². The van der Waals surface area contributed by atoms with Gasteiger partial charge in [-0.3, -0.25) is 14.9 Å². The van der Waals surface area contributed by atoms with Gasteiger partial charge in [-0.2, -0.15) is 0 Å². The maximum Gasteiger partial charge on any atom is 0.317 e. The van der Waals surface area contributed by atoms with E-state index < -0.39 is 28.1 Å². The first-order valence-corrected chi connectivity index (χ1v) is 8.53. The fourth-order valence-electron chi connectivity index (χ4n) is 2.17. The summed E-state index contributed by atoms with van der Waals surface area (Å²) in [4.78, 5) is 26.6. The molecule has 1 aromatic heterocycles. The van der Waals surface area contributed by atoms with E-state index in [-0.39, 0.29) is 6.42 Å². The highest BCUT2D eigenvalue weighted by Gasteiger charge is 2.20. The van der Waals surface area contributed by atoms with Gasteiger partial charge in [0, 0.05) is 28.1 Å². The van der Waals surface area contributed by atoms with Crippen molar-refractivity contribution >= 4 is 34.6 Å². The number of hydrogen-bond acceptors (Lipinski definition) is 6. The molecule has 0 aliphatic heterocycles. The van der Waals surface area contributed by atoms with Crippen LogP contribution in [0.25, 0.3) is 10.6 Å². The lowest BCUT2D eigenvalue weighted by atomic mass is 10.2. The standard InChI is InChI=1S/C17H10ClFN2O4S/c18-11-3-1-2-10(6-11)17-20-13(9-26-17)8-16(22)25-15-7-12(19)4-5-14(15)21(23)24/h1-7,9H,8H2. The molecule has 0 unspecified atom stereocenters. The number of benzene rings is 2. The zero-order valence-electron chi connectivity index (χ0n) is 13.0. The Morgan fingerprint density at radius 3 is 2.85 bits per heavy atom. The largest absolute Gasteiger partial charge is 0.419 e. The fourth-order valence-corrected chi connectivity index (χ4v) is 3.18. The molecule has 0 saturated carbocycles. The Bertz CT molecular complexity index is 992. The van der Waals surface area contributed by atoms with Crippen molar-refractivity contribution in [2.75, 3.05) is 0 Å². The van der Waals surface area contributed by atoms with Gasteiger partial charge in [0.2, 0.25) is 5.75 Å². The fraction of sp³-hybridized carbons (Fsp3) is 0.0588. The molecule has 0 spiro atoms. The maximum atomic E-state index is 13.3. The molecule has 2 aromatic carbocycles. The highest BCUT2D eigenvalue weighted by atomic mass is 35.5. The summed E-state index contributed by atoms with van der Waals surface area (Å²) in [6, 6.07) is 9.78. The predicted molar refractivity (Wildman–Crippen MR) is 95.0 cm³/mol.